The maximum atomic E-state index is 6.18. The Balaban J connectivity index is 1.11. The lowest BCUT2D eigenvalue weighted by molar-refractivity contribution is 0.0312. The highest BCUT2D eigenvalue weighted by Gasteiger charge is 2.44. The molecule has 2 bridgehead atoms. The quantitative estimate of drug-likeness (QED) is 0.681. The van der Waals surface area contributed by atoms with Gasteiger partial charge in [-0.1, -0.05) is 35.9 Å². The van der Waals surface area contributed by atoms with Crippen molar-refractivity contribution in [1.29, 1.82) is 0 Å². The van der Waals surface area contributed by atoms with Gasteiger partial charge in [0.25, 0.3) is 0 Å². The Morgan fingerprint density at radius 1 is 0.767 bits per heavy atom. The van der Waals surface area contributed by atoms with Crippen LogP contribution in [0.3, 0.4) is 0 Å². The zero-order valence-corrected chi connectivity index (χ0v) is 18.5. The van der Waals surface area contributed by atoms with Crippen LogP contribution >= 0.6 is 11.6 Å². The van der Waals surface area contributed by atoms with Gasteiger partial charge in [0.1, 0.15) is 5.16 Å². The van der Waals surface area contributed by atoms with Crippen molar-refractivity contribution in [3.05, 3.63) is 58.5 Å². The van der Waals surface area contributed by atoms with Gasteiger partial charge in [0, 0.05) is 37.4 Å². The zero-order valence-electron chi connectivity index (χ0n) is 17.7. The van der Waals surface area contributed by atoms with E-state index in [0.717, 1.165) is 31.0 Å². The second-order valence-electron chi connectivity index (χ2n) is 9.98. The molecular weight excluding hydrogens is 392 g/mol. The van der Waals surface area contributed by atoms with Crippen molar-refractivity contribution in [2.45, 2.75) is 81.3 Å². The molecule has 6 rings (SSSR count). The topological polar surface area (TPSA) is 30.5 Å². The molecule has 0 spiro atoms. The number of fused-ring (bicyclic) bond motifs is 2. The van der Waals surface area contributed by atoms with Crippen LogP contribution in [0, 0.1) is 0 Å². The summed E-state index contributed by atoms with van der Waals surface area (Å²) in [6.45, 7) is 2.27. The summed E-state index contributed by atoms with van der Waals surface area (Å²) >= 11 is 6.18. The maximum absolute atomic E-state index is 6.18. The summed E-state index contributed by atoms with van der Waals surface area (Å²) in [5.74, 6) is 1.65. The van der Waals surface area contributed by atoms with Crippen LogP contribution in [0.5, 0.6) is 0 Å². The van der Waals surface area contributed by atoms with Crippen LogP contribution in [-0.4, -0.2) is 41.0 Å². The Hall–Kier alpha value is -1.65. The molecule has 0 amide bonds. The summed E-state index contributed by atoms with van der Waals surface area (Å²) < 4.78 is 0. The number of nitrogens with one attached hydrogen (secondary N) is 2. The molecule has 1 aromatic carbocycles. The Morgan fingerprint density at radius 3 is 1.90 bits per heavy atom. The molecule has 3 aliphatic heterocycles. The van der Waals surface area contributed by atoms with Gasteiger partial charge in [0.05, 0.1) is 5.70 Å². The Morgan fingerprint density at radius 2 is 1.33 bits per heavy atom. The summed E-state index contributed by atoms with van der Waals surface area (Å²) in [6.07, 6.45) is 15.1. The molecule has 30 heavy (non-hydrogen) atoms. The van der Waals surface area contributed by atoms with Crippen LogP contribution in [0.2, 0.25) is 0 Å². The first-order valence-electron chi connectivity index (χ1n) is 12.0. The smallest absolute Gasteiger partial charge is 0.122 e. The number of piperazine rings is 1. The van der Waals surface area contributed by atoms with Gasteiger partial charge in [-0.15, -0.1) is 0 Å². The monoisotopic (exact) mass is 424 g/mol. The third-order valence-electron chi connectivity index (χ3n) is 8.16. The third kappa shape index (κ3) is 3.52. The van der Waals surface area contributed by atoms with Gasteiger partial charge in [-0.3, -0.25) is 10.3 Å². The fourth-order valence-corrected chi connectivity index (χ4v) is 6.81. The summed E-state index contributed by atoms with van der Waals surface area (Å²) in [7, 11) is 0. The van der Waals surface area contributed by atoms with Crippen LogP contribution < -0.4 is 10.9 Å². The molecule has 2 aliphatic carbocycles. The number of nitrogens with zero attached hydrogens (tertiary/aromatic N) is 2. The molecule has 5 aliphatic rings. The van der Waals surface area contributed by atoms with Gasteiger partial charge in [0.2, 0.25) is 0 Å². The van der Waals surface area contributed by atoms with Crippen molar-refractivity contribution in [1.82, 2.24) is 20.7 Å². The molecule has 3 heterocycles. The van der Waals surface area contributed by atoms with E-state index in [4.69, 9.17) is 11.6 Å². The van der Waals surface area contributed by atoms with Crippen molar-refractivity contribution < 1.29 is 0 Å². The molecule has 2 saturated carbocycles. The summed E-state index contributed by atoms with van der Waals surface area (Å²) in [4.78, 5) is 5.46. The van der Waals surface area contributed by atoms with Gasteiger partial charge in [0.15, 0.2) is 0 Å². The molecule has 0 aromatic heterocycles. The fraction of sp³-hybridized carbons (Fsp3) is 0.600. The van der Waals surface area contributed by atoms with E-state index < -0.39 is 0 Å². The van der Waals surface area contributed by atoms with E-state index >= 15 is 0 Å². The van der Waals surface area contributed by atoms with Crippen LogP contribution in [0.25, 0.3) is 0 Å². The second-order valence-corrected chi connectivity index (χ2v) is 10.4. The van der Waals surface area contributed by atoms with E-state index in [2.05, 4.69) is 51.0 Å². The van der Waals surface area contributed by atoms with E-state index in [0.29, 0.717) is 17.2 Å². The minimum Gasteiger partial charge on any atom is -0.367 e. The highest BCUT2D eigenvalue weighted by molar-refractivity contribution is 6.29. The second kappa shape index (κ2) is 7.80. The van der Waals surface area contributed by atoms with Crippen LogP contribution in [0.1, 0.15) is 74.3 Å². The van der Waals surface area contributed by atoms with Crippen molar-refractivity contribution in [2.24, 2.45) is 0 Å². The van der Waals surface area contributed by atoms with E-state index in [1.54, 1.807) is 11.1 Å². The zero-order chi connectivity index (χ0) is 20.1. The summed E-state index contributed by atoms with van der Waals surface area (Å²) in [5.41, 5.74) is 10.6. The molecule has 1 aromatic rings. The first-order valence-corrected chi connectivity index (χ1v) is 12.3. The Bertz CT molecular complexity index is 838. The fourth-order valence-electron chi connectivity index (χ4n) is 6.65. The van der Waals surface area contributed by atoms with Crippen molar-refractivity contribution in [3.8, 4) is 0 Å². The standard InChI is InChI=1S/C25H33ClN4/c26-25-13-22(14-27-28-25)29-15-20-11-12-21(16-29)30(20)19-9-7-18(8-10-19)24-4-2-1-3-23(24)17-5-6-17/h1-4,13-14,17-21,27-28H,5-12,15-16H2. The molecule has 4 fully saturated rings. The van der Waals surface area contributed by atoms with E-state index in [1.165, 1.54) is 57.1 Å². The molecule has 2 atom stereocenters. The summed E-state index contributed by atoms with van der Waals surface area (Å²) in [5, 5.41) is 0.673. The molecule has 2 unspecified atom stereocenters. The molecule has 4 nitrogen and oxygen atoms in total. The summed E-state index contributed by atoms with van der Waals surface area (Å²) in [6, 6.07) is 11.5. The minimum absolute atomic E-state index is 0.673. The number of halogens is 1. The predicted octanol–water partition coefficient (Wildman–Crippen LogP) is 4.77. The number of rotatable bonds is 4. The maximum Gasteiger partial charge on any atom is 0.122 e. The Labute approximate surface area is 185 Å². The lowest BCUT2D eigenvalue weighted by Crippen LogP contribution is -2.57. The third-order valence-corrected chi connectivity index (χ3v) is 8.37. The van der Waals surface area contributed by atoms with Gasteiger partial charge in [-0.2, -0.15) is 0 Å². The Kier molecular flexibility index (Phi) is 4.96. The van der Waals surface area contributed by atoms with Crippen LogP contribution in [0.15, 0.2) is 47.4 Å². The first kappa shape index (κ1) is 19.1. The average molecular weight is 425 g/mol. The van der Waals surface area contributed by atoms with Gasteiger partial charge in [-0.05, 0) is 80.4 Å². The lowest BCUT2D eigenvalue weighted by atomic mass is 9.78. The van der Waals surface area contributed by atoms with Crippen molar-refractivity contribution in [3.63, 3.8) is 0 Å². The minimum atomic E-state index is 0.673. The van der Waals surface area contributed by atoms with Gasteiger partial charge >= 0.3 is 0 Å². The number of hydrazine groups is 1. The van der Waals surface area contributed by atoms with Crippen molar-refractivity contribution >= 4 is 11.6 Å². The van der Waals surface area contributed by atoms with E-state index in [9.17, 15) is 0 Å². The highest BCUT2D eigenvalue weighted by Crippen LogP contribution is 2.47. The number of benzene rings is 1. The highest BCUT2D eigenvalue weighted by atomic mass is 35.5. The molecular formula is C25H33ClN4. The number of allylic oxidation sites excluding steroid dienone is 1. The first-order chi connectivity index (χ1) is 14.8. The SMILES string of the molecule is ClC1=CC(N2CC3CCC(C2)N3C2CCC(c3ccccc3C3CC3)CC2)=CNN1. The van der Waals surface area contributed by atoms with Crippen LogP contribution in [0.4, 0.5) is 0 Å². The average Bonchev–Trinajstić information content (AvgIpc) is 3.59. The van der Waals surface area contributed by atoms with Crippen molar-refractivity contribution in [2.75, 3.05) is 13.1 Å². The number of likely N-dealkylation sites (tertiary alicyclic amines) is 1. The molecule has 160 valence electrons. The molecule has 2 N–H and O–H groups in total. The molecule has 0 radical (unpaired) electrons. The van der Waals surface area contributed by atoms with Gasteiger partial charge < -0.3 is 10.3 Å². The van der Waals surface area contributed by atoms with Gasteiger partial charge in [-0.25, -0.2) is 0 Å². The van der Waals surface area contributed by atoms with E-state index in [1.807, 2.05) is 6.20 Å². The van der Waals surface area contributed by atoms with Crippen LogP contribution in [-0.2, 0) is 0 Å². The largest absolute Gasteiger partial charge is 0.367 e. The number of hydrogen-bond donors (Lipinski definition) is 2. The predicted molar refractivity (Wildman–Crippen MR) is 122 cm³/mol. The normalized spacial score (nSPS) is 34.1. The lowest BCUT2D eigenvalue weighted by Gasteiger charge is -2.48. The molecule has 2 saturated heterocycles. The molecule has 5 heteroatoms. The van der Waals surface area contributed by atoms with E-state index in [-0.39, 0.29) is 0 Å². The number of hydrogen-bond acceptors (Lipinski definition) is 4.